The lowest BCUT2D eigenvalue weighted by atomic mass is 10.1. The third-order valence-electron chi connectivity index (χ3n) is 2.35. The fourth-order valence-electron chi connectivity index (χ4n) is 1.38. The Morgan fingerprint density at radius 1 is 1.24 bits per heavy atom. The van der Waals surface area contributed by atoms with Crippen molar-refractivity contribution in [2.75, 3.05) is 19.5 Å². The Morgan fingerprint density at radius 2 is 1.90 bits per heavy atom. The second kappa shape index (κ2) is 7.30. The van der Waals surface area contributed by atoms with Crippen LogP contribution in [0, 0.1) is 0 Å². The van der Waals surface area contributed by atoms with Gasteiger partial charge in [-0.3, -0.25) is 0 Å². The Morgan fingerprint density at radius 3 is 2.43 bits per heavy atom. The zero-order valence-corrected chi connectivity index (χ0v) is 11.9. The molecule has 0 spiro atoms. The second-order valence-corrected chi connectivity index (χ2v) is 4.13. The number of carboxylic acid groups (broad SMARTS) is 1. The van der Waals surface area contributed by atoms with E-state index < -0.39 is 17.9 Å². The van der Waals surface area contributed by atoms with Gasteiger partial charge in [0.1, 0.15) is 5.70 Å². The van der Waals surface area contributed by atoms with E-state index in [1.165, 1.54) is 18.2 Å². The molecular weight excluding hydrogens is 302 g/mol. The van der Waals surface area contributed by atoms with Crippen molar-refractivity contribution in [3.05, 3.63) is 40.6 Å². The highest BCUT2D eigenvalue weighted by atomic mass is 35.5. The lowest BCUT2D eigenvalue weighted by Crippen LogP contribution is -2.17. The van der Waals surface area contributed by atoms with Crippen LogP contribution in [0.4, 0.5) is 5.69 Å². The van der Waals surface area contributed by atoms with Gasteiger partial charge in [-0.15, -0.1) is 0 Å². The van der Waals surface area contributed by atoms with Crippen LogP contribution in [0.3, 0.4) is 0 Å². The number of methoxy groups -OCH3 is 2. The average molecular weight is 314 g/mol. The number of anilines is 1. The molecule has 0 saturated heterocycles. The van der Waals surface area contributed by atoms with Crippen LogP contribution in [0.2, 0.25) is 5.02 Å². The summed E-state index contributed by atoms with van der Waals surface area (Å²) >= 11 is 5.79. The van der Waals surface area contributed by atoms with Gasteiger partial charge < -0.3 is 19.9 Å². The number of aromatic carboxylic acids is 1. The number of hydrogen-bond acceptors (Lipinski definition) is 6. The molecule has 0 aliphatic heterocycles. The van der Waals surface area contributed by atoms with Gasteiger partial charge in [0.2, 0.25) is 0 Å². The maximum absolute atomic E-state index is 11.6. The van der Waals surface area contributed by atoms with E-state index in [9.17, 15) is 14.4 Å². The predicted molar refractivity (Wildman–Crippen MR) is 74.1 cm³/mol. The van der Waals surface area contributed by atoms with Gasteiger partial charge in [0, 0.05) is 5.02 Å². The minimum absolute atomic E-state index is 0.0375. The molecule has 8 heteroatoms. The largest absolute Gasteiger partial charge is 0.478 e. The fraction of sp³-hybridized carbons (Fsp3) is 0.154. The molecular formula is C13H12ClNO6. The zero-order valence-electron chi connectivity index (χ0n) is 11.2. The monoisotopic (exact) mass is 313 g/mol. The quantitative estimate of drug-likeness (QED) is 0.629. The molecule has 1 rings (SSSR count). The van der Waals surface area contributed by atoms with E-state index in [1.807, 2.05) is 0 Å². The first-order valence-electron chi connectivity index (χ1n) is 5.57. The molecule has 0 fully saturated rings. The van der Waals surface area contributed by atoms with E-state index in [0.717, 1.165) is 20.3 Å². The molecule has 0 aliphatic rings. The Hall–Kier alpha value is -2.54. The van der Waals surface area contributed by atoms with E-state index in [2.05, 4.69) is 14.8 Å². The van der Waals surface area contributed by atoms with Crippen LogP contribution in [0.5, 0.6) is 0 Å². The van der Waals surface area contributed by atoms with E-state index >= 15 is 0 Å². The molecule has 0 aliphatic carbocycles. The molecule has 0 unspecified atom stereocenters. The SMILES string of the molecule is COC(=O)/C=C(/Nc1cc(Cl)ccc1C(=O)O)C(=O)OC. The van der Waals surface area contributed by atoms with Gasteiger partial charge in [0.25, 0.3) is 0 Å². The van der Waals surface area contributed by atoms with E-state index in [1.54, 1.807) is 0 Å². The van der Waals surface area contributed by atoms with Crippen molar-refractivity contribution in [2.24, 2.45) is 0 Å². The van der Waals surface area contributed by atoms with Crippen LogP contribution < -0.4 is 5.32 Å². The highest BCUT2D eigenvalue weighted by Gasteiger charge is 2.17. The number of carbonyl (C=O) groups is 3. The molecule has 0 amide bonds. The smallest absolute Gasteiger partial charge is 0.354 e. The van der Waals surface area contributed by atoms with Crippen molar-refractivity contribution < 1.29 is 29.0 Å². The summed E-state index contributed by atoms with van der Waals surface area (Å²) in [4.78, 5) is 33.9. The summed E-state index contributed by atoms with van der Waals surface area (Å²) in [6, 6.07) is 3.96. The van der Waals surface area contributed by atoms with Crippen molar-refractivity contribution in [1.82, 2.24) is 0 Å². The molecule has 0 aromatic heterocycles. The van der Waals surface area contributed by atoms with E-state index in [-0.39, 0.29) is 22.0 Å². The van der Waals surface area contributed by atoms with Gasteiger partial charge in [0.05, 0.1) is 31.5 Å². The molecule has 0 heterocycles. The first-order chi connectivity index (χ1) is 9.88. The van der Waals surface area contributed by atoms with Crippen LogP contribution in [-0.2, 0) is 19.1 Å². The van der Waals surface area contributed by atoms with Gasteiger partial charge in [0.15, 0.2) is 0 Å². The van der Waals surface area contributed by atoms with Gasteiger partial charge in [-0.2, -0.15) is 0 Å². The highest BCUT2D eigenvalue weighted by molar-refractivity contribution is 6.31. The third kappa shape index (κ3) is 4.50. The lowest BCUT2D eigenvalue weighted by molar-refractivity contribution is -0.138. The number of rotatable bonds is 5. The molecule has 1 aromatic carbocycles. The van der Waals surface area contributed by atoms with Crippen molar-refractivity contribution in [3.63, 3.8) is 0 Å². The number of nitrogens with one attached hydrogen (secondary N) is 1. The van der Waals surface area contributed by atoms with Gasteiger partial charge in [-0.1, -0.05) is 11.6 Å². The zero-order chi connectivity index (χ0) is 16.0. The molecule has 1 aromatic rings. The minimum atomic E-state index is -1.23. The Bertz CT molecular complexity index is 611. The number of carbonyl (C=O) groups excluding carboxylic acids is 2. The van der Waals surface area contributed by atoms with Crippen LogP contribution in [0.25, 0.3) is 0 Å². The van der Waals surface area contributed by atoms with Crippen molar-refractivity contribution >= 4 is 35.2 Å². The standard InChI is InChI=1S/C13H12ClNO6/c1-20-11(16)6-10(13(19)21-2)15-9-5-7(14)3-4-8(9)12(17)18/h3-6,15H,1-2H3,(H,17,18)/b10-6+. The lowest BCUT2D eigenvalue weighted by Gasteiger charge is -2.11. The normalized spacial score (nSPS) is 10.7. The topological polar surface area (TPSA) is 102 Å². The van der Waals surface area contributed by atoms with Gasteiger partial charge in [-0.25, -0.2) is 14.4 Å². The number of carboxylic acids is 1. The summed E-state index contributed by atoms with van der Waals surface area (Å²) in [5.74, 6) is -2.89. The van der Waals surface area contributed by atoms with Crippen molar-refractivity contribution in [3.8, 4) is 0 Å². The Balaban J connectivity index is 3.23. The molecule has 112 valence electrons. The summed E-state index contributed by atoms with van der Waals surface area (Å²) < 4.78 is 8.91. The van der Waals surface area contributed by atoms with Crippen molar-refractivity contribution in [1.29, 1.82) is 0 Å². The molecule has 0 saturated carbocycles. The number of ether oxygens (including phenoxy) is 2. The first-order valence-corrected chi connectivity index (χ1v) is 5.94. The van der Waals surface area contributed by atoms with Crippen LogP contribution in [0.15, 0.2) is 30.0 Å². The van der Waals surface area contributed by atoms with E-state index in [4.69, 9.17) is 16.7 Å². The number of hydrogen-bond donors (Lipinski definition) is 2. The maximum Gasteiger partial charge on any atom is 0.354 e. The number of halogens is 1. The summed E-state index contributed by atoms with van der Waals surface area (Å²) in [5, 5.41) is 11.8. The van der Waals surface area contributed by atoms with Gasteiger partial charge >= 0.3 is 17.9 Å². The number of benzene rings is 1. The predicted octanol–water partition coefficient (Wildman–Crippen LogP) is 1.68. The number of esters is 2. The summed E-state index contributed by atoms with van der Waals surface area (Å²) in [7, 11) is 2.25. The maximum atomic E-state index is 11.6. The summed E-state index contributed by atoms with van der Waals surface area (Å²) in [6.07, 6.45) is 0.846. The highest BCUT2D eigenvalue weighted by Crippen LogP contribution is 2.23. The molecule has 7 nitrogen and oxygen atoms in total. The van der Waals surface area contributed by atoms with Crippen LogP contribution >= 0.6 is 11.6 Å². The minimum Gasteiger partial charge on any atom is -0.478 e. The first kappa shape index (κ1) is 16.5. The summed E-state index contributed by atoms with van der Waals surface area (Å²) in [6.45, 7) is 0. The molecule has 21 heavy (non-hydrogen) atoms. The molecule has 0 bridgehead atoms. The average Bonchev–Trinajstić information content (AvgIpc) is 2.45. The van der Waals surface area contributed by atoms with Crippen LogP contribution in [0.1, 0.15) is 10.4 Å². The third-order valence-corrected chi connectivity index (χ3v) is 2.59. The van der Waals surface area contributed by atoms with Gasteiger partial charge in [-0.05, 0) is 18.2 Å². The molecule has 2 N–H and O–H groups in total. The van der Waals surface area contributed by atoms with Crippen LogP contribution in [-0.4, -0.2) is 37.2 Å². The summed E-state index contributed by atoms with van der Waals surface area (Å²) in [5.41, 5.74) is -0.372. The molecule has 0 radical (unpaired) electrons. The Labute approximate surface area is 125 Å². The molecule has 0 atom stereocenters. The fourth-order valence-corrected chi connectivity index (χ4v) is 1.56. The Kier molecular flexibility index (Phi) is 5.74. The van der Waals surface area contributed by atoms with E-state index in [0.29, 0.717) is 0 Å². The second-order valence-electron chi connectivity index (χ2n) is 3.69. The van der Waals surface area contributed by atoms with Crippen molar-refractivity contribution in [2.45, 2.75) is 0 Å².